The van der Waals surface area contributed by atoms with Gasteiger partial charge in [0.1, 0.15) is 5.69 Å². The molecule has 0 fully saturated rings. The second-order valence-electron chi connectivity index (χ2n) is 5.52. The molecule has 1 amide bonds. The van der Waals surface area contributed by atoms with Crippen LogP contribution in [0.5, 0.6) is 0 Å². The molecule has 0 aliphatic heterocycles. The maximum Gasteiger partial charge on any atom is 0.271 e. The highest BCUT2D eigenvalue weighted by atomic mass is 32.1. The third-order valence-electron chi connectivity index (χ3n) is 3.56. The summed E-state index contributed by atoms with van der Waals surface area (Å²) in [5.74, 6) is -0.184. The fraction of sp³-hybridized carbons (Fsp3) is 0.167. The van der Waals surface area contributed by atoms with Crippen LogP contribution in [0.2, 0.25) is 0 Å². The quantitative estimate of drug-likeness (QED) is 0.742. The van der Waals surface area contributed by atoms with Gasteiger partial charge in [-0.3, -0.25) is 9.78 Å². The van der Waals surface area contributed by atoms with E-state index in [1.165, 1.54) is 16.9 Å². The van der Waals surface area contributed by atoms with Gasteiger partial charge in [0, 0.05) is 30.0 Å². The normalized spacial score (nSPS) is 10.4. The van der Waals surface area contributed by atoms with Crippen molar-refractivity contribution in [3.05, 3.63) is 70.5 Å². The van der Waals surface area contributed by atoms with Gasteiger partial charge in [-0.15, -0.1) is 11.3 Å². The number of aromatic nitrogens is 2. The lowest BCUT2D eigenvalue weighted by Crippen LogP contribution is -2.23. The van der Waals surface area contributed by atoms with Crippen LogP contribution in [0.1, 0.15) is 27.2 Å². The second-order valence-corrected chi connectivity index (χ2v) is 6.38. The van der Waals surface area contributed by atoms with Crippen molar-refractivity contribution in [1.29, 1.82) is 0 Å². The van der Waals surface area contributed by atoms with Crippen molar-refractivity contribution in [3.8, 4) is 0 Å². The predicted octanol–water partition coefficient (Wildman–Crippen LogP) is 3.83. The van der Waals surface area contributed by atoms with Gasteiger partial charge in [-0.05, 0) is 43.2 Å². The first-order valence-corrected chi connectivity index (χ1v) is 8.47. The monoisotopic (exact) mass is 338 g/mol. The van der Waals surface area contributed by atoms with Crippen LogP contribution in [0.3, 0.4) is 0 Å². The van der Waals surface area contributed by atoms with Crippen molar-refractivity contribution in [3.63, 3.8) is 0 Å². The van der Waals surface area contributed by atoms with E-state index < -0.39 is 0 Å². The first kappa shape index (κ1) is 16.1. The van der Waals surface area contributed by atoms with Crippen LogP contribution < -0.4 is 10.6 Å². The van der Waals surface area contributed by atoms with Crippen LogP contribution >= 0.6 is 11.3 Å². The summed E-state index contributed by atoms with van der Waals surface area (Å²) in [5, 5.41) is 8.59. The average Bonchev–Trinajstić information content (AvgIpc) is 3.05. The lowest BCUT2D eigenvalue weighted by atomic mass is 10.1. The molecule has 2 heterocycles. The summed E-state index contributed by atoms with van der Waals surface area (Å²) >= 11 is 1.41. The topological polar surface area (TPSA) is 66.9 Å². The predicted molar refractivity (Wildman–Crippen MR) is 96.7 cm³/mol. The van der Waals surface area contributed by atoms with Gasteiger partial charge in [-0.25, -0.2) is 4.98 Å². The van der Waals surface area contributed by atoms with Crippen LogP contribution in [0.15, 0.2) is 48.1 Å². The Hall–Kier alpha value is -2.73. The van der Waals surface area contributed by atoms with Gasteiger partial charge in [0.15, 0.2) is 5.13 Å². The first-order chi connectivity index (χ1) is 11.6. The number of benzene rings is 1. The molecule has 6 heteroatoms. The van der Waals surface area contributed by atoms with Gasteiger partial charge in [0.2, 0.25) is 0 Å². The molecule has 0 atom stereocenters. The van der Waals surface area contributed by atoms with E-state index in [1.54, 1.807) is 17.8 Å². The minimum absolute atomic E-state index is 0.184. The second kappa shape index (κ2) is 7.23. The van der Waals surface area contributed by atoms with Crippen LogP contribution in [-0.2, 0) is 6.54 Å². The van der Waals surface area contributed by atoms with Gasteiger partial charge in [0.05, 0.1) is 0 Å². The summed E-state index contributed by atoms with van der Waals surface area (Å²) in [6, 6.07) is 9.92. The number of nitrogens with one attached hydrogen (secondary N) is 2. The Morgan fingerprint density at radius 3 is 2.71 bits per heavy atom. The average molecular weight is 338 g/mol. The Kier molecular flexibility index (Phi) is 4.86. The Bertz CT molecular complexity index is 845. The number of pyridine rings is 1. The van der Waals surface area contributed by atoms with E-state index in [-0.39, 0.29) is 5.91 Å². The number of carbonyl (C=O) groups excluding carboxylic acids is 1. The number of carbonyl (C=O) groups is 1. The van der Waals surface area contributed by atoms with Crippen molar-refractivity contribution in [1.82, 2.24) is 15.3 Å². The van der Waals surface area contributed by atoms with E-state index in [9.17, 15) is 4.79 Å². The number of hydrogen-bond donors (Lipinski definition) is 2. The molecule has 5 nitrogen and oxygen atoms in total. The van der Waals surface area contributed by atoms with Crippen LogP contribution in [0.25, 0.3) is 0 Å². The number of amides is 1. The molecule has 3 rings (SSSR count). The van der Waals surface area contributed by atoms with Crippen molar-refractivity contribution < 1.29 is 4.79 Å². The highest BCUT2D eigenvalue weighted by molar-refractivity contribution is 7.14. The summed E-state index contributed by atoms with van der Waals surface area (Å²) in [5.41, 5.74) is 4.78. The number of thiazole rings is 1. The smallest absolute Gasteiger partial charge is 0.271 e. The molecule has 1 aromatic carbocycles. The van der Waals surface area contributed by atoms with Gasteiger partial charge >= 0.3 is 0 Å². The lowest BCUT2D eigenvalue weighted by molar-refractivity contribution is 0.0946. The third kappa shape index (κ3) is 3.97. The zero-order valence-electron chi connectivity index (χ0n) is 13.5. The number of anilines is 2. The summed E-state index contributed by atoms with van der Waals surface area (Å²) in [7, 11) is 0. The molecule has 2 aromatic heterocycles. The molecule has 0 saturated heterocycles. The highest BCUT2D eigenvalue weighted by Crippen LogP contribution is 2.24. The minimum atomic E-state index is -0.184. The SMILES string of the molecule is Cc1ccc(Nc2nc(C(=O)NCc3ccncc3)cs2)c(C)c1. The van der Waals surface area contributed by atoms with Gasteiger partial charge < -0.3 is 10.6 Å². The van der Waals surface area contributed by atoms with Crippen molar-refractivity contribution in [2.24, 2.45) is 0 Å². The van der Waals surface area contributed by atoms with Crippen molar-refractivity contribution >= 4 is 28.1 Å². The molecule has 0 aliphatic rings. The molecule has 2 N–H and O–H groups in total. The third-order valence-corrected chi connectivity index (χ3v) is 4.32. The van der Waals surface area contributed by atoms with E-state index in [0.29, 0.717) is 17.4 Å². The summed E-state index contributed by atoms with van der Waals surface area (Å²) in [6.07, 6.45) is 3.41. The molecule has 0 unspecified atom stereocenters. The maximum atomic E-state index is 12.2. The highest BCUT2D eigenvalue weighted by Gasteiger charge is 2.11. The molecule has 3 aromatic rings. The van der Waals surface area contributed by atoms with Crippen LogP contribution in [0.4, 0.5) is 10.8 Å². The Balaban J connectivity index is 1.63. The summed E-state index contributed by atoms with van der Waals surface area (Å²) in [4.78, 5) is 20.5. The zero-order chi connectivity index (χ0) is 16.9. The van der Waals surface area contributed by atoms with Crippen molar-refractivity contribution in [2.45, 2.75) is 20.4 Å². The van der Waals surface area contributed by atoms with E-state index >= 15 is 0 Å². The summed E-state index contributed by atoms with van der Waals surface area (Å²) < 4.78 is 0. The van der Waals surface area contributed by atoms with Crippen LogP contribution in [-0.4, -0.2) is 15.9 Å². The minimum Gasteiger partial charge on any atom is -0.347 e. The Labute approximate surface area is 144 Å². The Morgan fingerprint density at radius 2 is 1.96 bits per heavy atom. The molecule has 0 saturated carbocycles. The first-order valence-electron chi connectivity index (χ1n) is 7.59. The lowest BCUT2D eigenvalue weighted by Gasteiger charge is -2.07. The standard InChI is InChI=1S/C18H18N4OS/c1-12-3-4-15(13(2)9-12)21-18-22-16(11-24-18)17(23)20-10-14-5-7-19-8-6-14/h3-9,11H,10H2,1-2H3,(H,20,23)(H,21,22). The van der Waals surface area contributed by atoms with Gasteiger partial charge in [-0.2, -0.15) is 0 Å². The van der Waals surface area contributed by atoms with Crippen LogP contribution in [0, 0.1) is 13.8 Å². The van der Waals surface area contributed by atoms with E-state index in [0.717, 1.165) is 16.8 Å². The van der Waals surface area contributed by atoms with Gasteiger partial charge in [0.25, 0.3) is 5.91 Å². The Morgan fingerprint density at radius 1 is 1.17 bits per heavy atom. The molecule has 0 bridgehead atoms. The molecular weight excluding hydrogens is 320 g/mol. The molecule has 0 aliphatic carbocycles. The number of rotatable bonds is 5. The molecule has 24 heavy (non-hydrogen) atoms. The maximum absolute atomic E-state index is 12.2. The molecule has 0 radical (unpaired) electrons. The fourth-order valence-corrected chi connectivity index (χ4v) is 2.98. The zero-order valence-corrected chi connectivity index (χ0v) is 14.4. The molecular formula is C18H18N4OS. The number of aryl methyl sites for hydroxylation is 2. The largest absolute Gasteiger partial charge is 0.347 e. The number of nitrogens with zero attached hydrogens (tertiary/aromatic N) is 2. The van der Waals surface area contributed by atoms with Crippen molar-refractivity contribution in [2.75, 3.05) is 5.32 Å². The van der Waals surface area contributed by atoms with E-state index in [4.69, 9.17) is 0 Å². The number of hydrogen-bond acceptors (Lipinski definition) is 5. The summed E-state index contributed by atoms with van der Waals surface area (Å²) in [6.45, 7) is 4.56. The fourth-order valence-electron chi connectivity index (χ4n) is 2.28. The molecule has 0 spiro atoms. The van der Waals surface area contributed by atoms with E-state index in [2.05, 4.69) is 33.6 Å². The van der Waals surface area contributed by atoms with Gasteiger partial charge in [-0.1, -0.05) is 17.7 Å². The molecule has 122 valence electrons. The van der Waals surface area contributed by atoms with E-state index in [1.807, 2.05) is 31.2 Å².